The van der Waals surface area contributed by atoms with E-state index in [1.165, 1.54) is 28.4 Å². The molecule has 2 aliphatic rings. The molecule has 2 fully saturated rings. The average Bonchev–Trinajstić information content (AvgIpc) is 3.31. The van der Waals surface area contributed by atoms with Crippen LogP contribution in [0.4, 0.5) is 5.69 Å². The summed E-state index contributed by atoms with van der Waals surface area (Å²) >= 11 is 3.48. The molecule has 0 aliphatic carbocycles. The highest BCUT2D eigenvalue weighted by Crippen LogP contribution is 2.17. The van der Waals surface area contributed by atoms with Gasteiger partial charge in [0.2, 0.25) is 5.91 Å². The molecular weight excluding hydrogens is 428 g/mol. The van der Waals surface area contributed by atoms with Crippen LogP contribution in [-0.4, -0.2) is 71.9 Å². The molecule has 0 atom stereocenters. The lowest BCUT2D eigenvalue weighted by molar-refractivity contribution is -0.117. The molecule has 6 nitrogen and oxygen atoms in total. The first kappa shape index (κ1) is 22.3. The number of likely N-dealkylation sites (tertiary alicyclic amines) is 1. The van der Waals surface area contributed by atoms with Crippen molar-refractivity contribution < 1.29 is 9.59 Å². The summed E-state index contributed by atoms with van der Waals surface area (Å²) in [7, 11) is 0. The smallest absolute Gasteiger partial charge is 0.261 e. The molecule has 0 saturated carbocycles. The number of nitrogens with one attached hydrogen (secondary N) is 2. The first-order chi connectivity index (χ1) is 15.2. The lowest BCUT2D eigenvalue weighted by atomic mass is 10.0. The van der Waals surface area contributed by atoms with Crippen LogP contribution in [0, 0.1) is 0 Å². The van der Waals surface area contributed by atoms with Crippen molar-refractivity contribution >= 4 is 40.6 Å². The maximum absolute atomic E-state index is 12.6. The van der Waals surface area contributed by atoms with E-state index in [4.69, 9.17) is 0 Å². The first-order valence-electron chi connectivity index (χ1n) is 10.9. The van der Waals surface area contributed by atoms with E-state index in [2.05, 4.69) is 32.6 Å². The Labute approximate surface area is 192 Å². The number of piperidine rings is 1. The molecular formula is C23H30N4O2S2. The van der Waals surface area contributed by atoms with Crippen LogP contribution in [0.5, 0.6) is 0 Å². The summed E-state index contributed by atoms with van der Waals surface area (Å²) in [5, 5.41) is 8.09. The van der Waals surface area contributed by atoms with Gasteiger partial charge in [0.25, 0.3) is 5.91 Å². The summed E-state index contributed by atoms with van der Waals surface area (Å²) in [6.45, 7) is 5.22. The van der Waals surface area contributed by atoms with Crippen molar-refractivity contribution in [3.8, 4) is 0 Å². The minimum Gasteiger partial charge on any atom is -0.349 e. The monoisotopic (exact) mass is 458 g/mol. The largest absolute Gasteiger partial charge is 0.349 e. The van der Waals surface area contributed by atoms with Crippen molar-refractivity contribution in [1.82, 2.24) is 15.1 Å². The molecule has 31 heavy (non-hydrogen) atoms. The third-order valence-corrected chi connectivity index (χ3v) is 7.57. The molecule has 1 aromatic carbocycles. The summed E-state index contributed by atoms with van der Waals surface area (Å²) in [6, 6.07) is 12.1. The predicted molar refractivity (Wildman–Crippen MR) is 129 cm³/mol. The number of thioether (sulfide) groups is 1. The van der Waals surface area contributed by atoms with Crippen LogP contribution in [0.15, 0.2) is 41.8 Å². The fourth-order valence-corrected chi connectivity index (χ4v) is 5.67. The van der Waals surface area contributed by atoms with Crippen LogP contribution in [0.3, 0.4) is 0 Å². The molecule has 3 heterocycles. The summed E-state index contributed by atoms with van der Waals surface area (Å²) in [5.41, 5.74) is 2.11. The quantitative estimate of drug-likeness (QED) is 0.667. The molecule has 2 aromatic rings. The van der Waals surface area contributed by atoms with Gasteiger partial charge in [-0.05, 0) is 42.0 Å². The fourth-order valence-electron chi connectivity index (χ4n) is 4.07. The summed E-state index contributed by atoms with van der Waals surface area (Å²) in [5.74, 6) is 2.43. The zero-order chi connectivity index (χ0) is 21.5. The van der Waals surface area contributed by atoms with Crippen molar-refractivity contribution in [3.63, 3.8) is 0 Å². The van der Waals surface area contributed by atoms with Crippen LogP contribution in [-0.2, 0) is 11.3 Å². The summed E-state index contributed by atoms with van der Waals surface area (Å²) in [6.07, 6.45) is 1.74. The Morgan fingerprint density at radius 2 is 1.81 bits per heavy atom. The Balaban J connectivity index is 1.20. The molecule has 1 aromatic heterocycles. The predicted octanol–water partition coefficient (Wildman–Crippen LogP) is 3.13. The molecule has 8 heteroatoms. The van der Waals surface area contributed by atoms with Crippen LogP contribution in [0.1, 0.15) is 28.1 Å². The number of anilines is 1. The van der Waals surface area contributed by atoms with Gasteiger partial charge in [-0.25, -0.2) is 0 Å². The highest BCUT2D eigenvalue weighted by molar-refractivity contribution is 7.99. The highest BCUT2D eigenvalue weighted by Gasteiger charge is 2.23. The lowest BCUT2D eigenvalue weighted by Gasteiger charge is -2.31. The van der Waals surface area contributed by atoms with E-state index in [-0.39, 0.29) is 17.9 Å². The van der Waals surface area contributed by atoms with Crippen molar-refractivity contribution in [1.29, 1.82) is 0 Å². The van der Waals surface area contributed by atoms with Crippen LogP contribution >= 0.6 is 23.1 Å². The molecule has 0 unspecified atom stereocenters. The SMILES string of the molecule is O=C(CN1CCC(NC(=O)c2cccs2)CC1)Nc1cccc(CN2CCSCC2)c1. The molecule has 0 spiro atoms. The second-order valence-electron chi connectivity index (χ2n) is 8.14. The minimum absolute atomic E-state index is 0.00869. The van der Waals surface area contributed by atoms with E-state index in [0.29, 0.717) is 6.54 Å². The second-order valence-corrected chi connectivity index (χ2v) is 10.3. The maximum atomic E-state index is 12.6. The second kappa shape index (κ2) is 11.1. The Bertz CT molecular complexity index is 860. The Morgan fingerprint density at radius 3 is 2.55 bits per heavy atom. The number of carbonyl (C=O) groups excluding carboxylic acids is 2. The van der Waals surface area contributed by atoms with E-state index in [9.17, 15) is 9.59 Å². The Hall–Kier alpha value is -1.87. The number of nitrogens with zero attached hydrogens (tertiary/aromatic N) is 2. The number of amides is 2. The Kier molecular flexibility index (Phi) is 8.02. The average molecular weight is 459 g/mol. The summed E-state index contributed by atoms with van der Waals surface area (Å²) in [4.78, 5) is 30.2. The van der Waals surface area contributed by atoms with Gasteiger partial charge in [-0.3, -0.25) is 19.4 Å². The molecule has 166 valence electrons. The number of thiophene rings is 1. The Morgan fingerprint density at radius 1 is 1.00 bits per heavy atom. The molecule has 0 radical (unpaired) electrons. The van der Waals surface area contributed by atoms with Gasteiger partial charge in [0.05, 0.1) is 11.4 Å². The van der Waals surface area contributed by atoms with Crippen molar-refractivity contribution in [2.75, 3.05) is 49.5 Å². The van der Waals surface area contributed by atoms with E-state index >= 15 is 0 Å². The zero-order valence-corrected chi connectivity index (χ0v) is 19.4. The van der Waals surface area contributed by atoms with Crippen LogP contribution < -0.4 is 10.6 Å². The molecule has 4 rings (SSSR count). The van der Waals surface area contributed by atoms with Crippen molar-refractivity contribution in [3.05, 3.63) is 52.2 Å². The van der Waals surface area contributed by atoms with Crippen LogP contribution in [0.25, 0.3) is 0 Å². The summed E-state index contributed by atoms with van der Waals surface area (Å²) < 4.78 is 0. The van der Waals surface area contributed by atoms with Crippen molar-refractivity contribution in [2.45, 2.75) is 25.4 Å². The van der Waals surface area contributed by atoms with Gasteiger partial charge in [0, 0.05) is 56.0 Å². The van der Waals surface area contributed by atoms with E-state index < -0.39 is 0 Å². The van der Waals surface area contributed by atoms with E-state index in [0.717, 1.165) is 56.1 Å². The van der Waals surface area contributed by atoms with Gasteiger partial charge in [-0.15, -0.1) is 11.3 Å². The number of carbonyl (C=O) groups is 2. The topological polar surface area (TPSA) is 64.7 Å². The fraction of sp³-hybridized carbons (Fsp3) is 0.478. The molecule has 2 saturated heterocycles. The van der Waals surface area contributed by atoms with Crippen LogP contribution in [0.2, 0.25) is 0 Å². The molecule has 2 N–H and O–H groups in total. The number of hydrogen-bond acceptors (Lipinski definition) is 6. The maximum Gasteiger partial charge on any atom is 0.261 e. The molecule has 2 aliphatic heterocycles. The first-order valence-corrected chi connectivity index (χ1v) is 12.9. The van der Waals surface area contributed by atoms with Gasteiger partial charge in [-0.1, -0.05) is 18.2 Å². The lowest BCUT2D eigenvalue weighted by Crippen LogP contribution is -2.46. The minimum atomic E-state index is 0.00869. The van der Waals surface area contributed by atoms with E-state index in [1.54, 1.807) is 0 Å². The zero-order valence-electron chi connectivity index (χ0n) is 17.7. The third-order valence-electron chi connectivity index (χ3n) is 5.76. The van der Waals surface area contributed by atoms with Crippen molar-refractivity contribution in [2.24, 2.45) is 0 Å². The van der Waals surface area contributed by atoms with E-state index in [1.807, 2.05) is 41.4 Å². The van der Waals surface area contributed by atoms with Gasteiger partial charge in [-0.2, -0.15) is 11.8 Å². The third kappa shape index (κ3) is 6.80. The number of rotatable bonds is 7. The molecule has 2 amide bonds. The van der Waals surface area contributed by atoms with Gasteiger partial charge in [0.15, 0.2) is 0 Å². The van der Waals surface area contributed by atoms with Gasteiger partial charge in [0.1, 0.15) is 0 Å². The van der Waals surface area contributed by atoms with Gasteiger partial charge >= 0.3 is 0 Å². The normalized spacial score (nSPS) is 18.6. The highest BCUT2D eigenvalue weighted by atomic mass is 32.2. The van der Waals surface area contributed by atoms with Gasteiger partial charge < -0.3 is 10.6 Å². The standard InChI is InChI=1S/C23H30N4O2S2/c28-22(24-20-4-1-3-18(15-20)16-27-10-13-30-14-11-27)17-26-8-6-19(7-9-26)25-23(29)21-5-2-12-31-21/h1-5,12,15,19H,6-11,13-14,16-17H2,(H,24,28)(H,25,29). The number of hydrogen-bond donors (Lipinski definition) is 2. The number of benzene rings is 1. The molecule has 0 bridgehead atoms.